The number of methoxy groups -OCH3 is 1. The Morgan fingerprint density at radius 2 is 1.90 bits per heavy atom. The van der Waals surface area contributed by atoms with Gasteiger partial charge >= 0.3 is 5.97 Å². The van der Waals surface area contributed by atoms with Crippen LogP contribution in [0.1, 0.15) is 9.67 Å². The Hall–Kier alpha value is -1.85. The highest BCUT2D eigenvalue weighted by Gasteiger charge is 2.11. The normalized spacial score (nSPS) is 10.1. The molecule has 1 N–H and O–H groups in total. The number of carbonyl (C=O) groups excluding carboxylic acids is 2. The monoisotopic (exact) mass is 309 g/mol. The van der Waals surface area contributed by atoms with Gasteiger partial charge in [-0.1, -0.05) is 23.7 Å². The maximum atomic E-state index is 11.8. The predicted octanol–water partition coefficient (Wildman–Crippen LogP) is 2.97. The molecule has 0 unspecified atom stereocenters. The molecule has 0 bridgehead atoms. The first kappa shape index (κ1) is 14.6. The van der Waals surface area contributed by atoms with E-state index >= 15 is 0 Å². The molecule has 1 aromatic carbocycles. The van der Waals surface area contributed by atoms with Crippen molar-refractivity contribution in [2.24, 2.45) is 0 Å². The van der Waals surface area contributed by atoms with Crippen molar-refractivity contribution < 1.29 is 14.3 Å². The summed E-state index contributed by atoms with van der Waals surface area (Å²) >= 11 is 7.19. The smallest absolute Gasteiger partial charge is 0.325 e. The fourth-order valence-electron chi connectivity index (χ4n) is 1.54. The van der Waals surface area contributed by atoms with Gasteiger partial charge in [-0.05, 0) is 29.8 Å². The van der Waals surface area contributed by atoms with Crippen LogP contribution in [0, 0.1) is 0 Å². The van der Waals surface area contributed by atoms with Gasteiger partial charge in [0, 0.05) is 9.90 Å². The molecule has 6 heteroatoms. The van der Waals surface area contributed by atoms with Crippen molar-refractivity contribution in [3.05, 3.63) is 46.3 Å². The minimum absolute atomic E-state index is 0.135. The molecule has 1 amide bonds. The molecule has 0 spiro atoms. The lowest BCUT2D eigenvalue weighted by Crippen LogP contribution is -2.29. The molecule has 0 saturated heterocycles. The summed E-state index contributed by atoms with van der Waals surface area (Å²) in [6.45, 7) is -0.135. The zero-order valence-corrected chi connectivity index (χ0v) is 12.3. The number of hydrogen-bond acceptors (Lipinski definition) is 4. The fraction of sp³-hybridized carbons (Fsp3) is 0.143. The second-order valence-corrected chi connectivity index (χ2v) is 5.45. The van der Waals surface area contributed by atoms with Gasteiger partial charge in [-0.3, -0.25) is 9.59 Å². The molecule has 1 aromatic heterocycles. The number of halogens is 1. The van der Waals surface area contributed by atoms with Gasteiger partial charge in [0.1, 0.15) is 6.54 Å². The van der Waals surface area contributed by atoms with Crippen LogP contribution in [0.15, 0.2) is 36.4 Å². The molecule has 0 aliphatic carbocycles. The summed E-state index contributed by atoms with van der Waals surface area (Å²) in [4.78, 5) is 24.3. The number of amides is 1. The van der Waals surface area contributed by atoms with Crippen molar-refractivity contribution >= 4 is 34.8 Å². The predicted molar refractivity (Wildman–Crippen MR) is 79.1 cm³/mol. The van der Waals surface area contributed by atoms with E-state index in [9.17, 15) is 9.59 Å². The number of hydrogen-bond donors (Lipinski definition) is 1. The van der Waals surface area contributed by atoms with Crippen molar-refractivity contribution in [3.63, 3.8) is 0 Å². The second-order valence-electron chi connectivity index (χ2n) is 3.93. The van der Waals surface area contributed by atoms with Crippen LogP contribution in [-0.2, 0) is 9.53 Å². The van der Waals surface area contributed by atoms with Crippen LogP contribution in [0.25, 0.3) is 10.4 Å². The second kappa shape index (κ2) is 6.54. The van der Waals surface area contributed by atoms with Gasteiger partial charge in [-0.15, -0.1) is 11.3 Å². The Balaban J connectivity index is 2.06. The lowest BCUT2D eigenvalue weighted by molar-refractivity contribution is -0.139. The largest absolute Gasteiger partial charge is 0.468 e. The maximum Gasteiger partial charge on any atom is 0.325 e. The minimum atomic E-state index is -0.479. The molecular weight excluding hydrogens is 298 g/mol. The highest BCUT2D eigenvalue weighted by atomic mass is 35.5. The third kappa shape index (κ3) is 3.59. The SMILES string of the molecule is COC(=O)CNC(=O)c1ccc(-c2ccc(Cl)cc2)s1. The summed E-state index contributed by atoms with van der Waals surface area (Å²) in [7, 11) is 1.28. The van der Waals surface area contributed by atoms with Crippen molar-refractivity contribution in [1.82, 2.24) is 5.32 Å². The molecule has 2 aromatic rings. The molecule has 0 atom stereocenters. The Morgan fingerprint density at radius 1 is 1.20 bits per heavy atom. The van der Waals surface area contributed by atoms with E-state index in [0.717, 1.165) is 10.4 Å². The van der Waals surface area contributed by atoms with Crippen molar-refractivity contribution in [1.29, 1.82) is 0 Å². The van der Waals surface area contributed by atoms with Crippen LogP contribution in [0.3, 0.4) is 0 Å². The maximum absolute atomic E-state index is 11.8. The van der Waals surface area contributed by atoms with Crippen molar-refractivity contribution in [2.75, 3.05) is 13.7 Å². The van der Waals surface area contributed by atoms with Crippen molar-refractivity contribution in [2.45, 2.75) is 0 Å². The first-order chi connectivity index (χ1) is 9.60. The van der Waals surface area contributed by atoms with Crippen LogP contribution in [-0.4, -0.2) is 25.5 Å². The molecule has 20 heavy (non-hydrogen) atoms. The molecule has 0 aliphatic rings. The van der Waals surface area contributed by atoms with Gasteiger partial charge in [0.2, 0.25) is 0 Å². The van der Waals surface area contributed by atoms with E-state index in [1.165, 1.54) is 18.4 Å². The van der Waals surface area contributed by atoms with Crippen LogP contribution in [0.4, 0.5) is 0 Å². The van der Waals surface area contributed by atoms with E-state index in [-0.39, 0.29) is 12.5 Å². The van der Waals surface area contributed by atoms with Crippen molar-refractivity contribution in [3.8, 4) is 10.4 Å². The number of carbonyl (C=O) groups is 2. The molecule has 2 rings (SSSR count). The van der Waals surface area contributed by atoms with Gasteiger partial charge < -0.3 is 10.1 Å². The zero-order chi connectivity index (χ0) is 14.5. The molecule has 0 saturated carbocycles. The van der Waals surface area contributed by atoms with Gasteiger partial charge in [-0.25, -0.2) is 0 Å². The van der Waals surface area contributed by atoms with Crippen LogP contribution >= 0.6 is 22.9 Å². The van der Waals surface area contributed by atoms with Gasteiger partial charge in [0.05, 0.1) is 12.0 Å². The van der Waals surface area contributed by atoms with Gasteiger partial charge in [0.25, 0.3) is 5.91 Å². The number of thiophene rings is 1. The molecule has 4 nitrogen and oxygen atoms in total. The Labute approximate surface area is 125 Å². The highest BCUT2D eigenvalue weighted by molar-refractivity contribution is 7.17. The summed E-state index contributed by atoms with van der Waals surface area (Å²) in [5, 5.41) is 3.17. The summed E-state index contributed by atoms with van der Waals surface area (Å²) in [5.74, 6) is -0.770. The Bertz CT molecular complexity index is 622. The highest BCUT2D eigenvalue weighted by Crippen LogP contribution is 2.28. The third-order valence-electron chi connectivity index (χ3n) is 2.58. The van der Waals surface area contributed by atoms with Crippen LogP contribution < -0.4 is 5.32 Å². The standard InChI is InChI=1S/C14H12ClNO3S/c1-19-13(17)8-16-14(18)12-7-6-11(20-12)9-2-4-10(15)5-3-9/h2-7H,8H2,1H3,(H,16,18). The topological polar surface area (TPSA) is 55.4 Å². The molecular formula is C14H12ClNO3S. The first-order valence-corrected chi connectivity index (χ1v) is 7.00. The first-order valence-electron chi connectivity index (χ1n) is 5.81. The average molecular weight is 310 g/mol. The summed E-state index contributed by atoms with van der Waals surface area (Å²) in [6.07, 6.45) is 0. The number of ether oxygens (including phenoxy) is 1. The molecule has 1 heterocycles. The van der Waals surface area contributed by atoms with E-state index < -0.39 is 5.97 Å². The Morgan fingerprint density at radius 3 is 2.55 bits per heavy atom. The van der Waals surface area contributed by atoms with E-state index in [2.05, 4.69) is 10.1 Å². The number of rotatable bonds is 4. The molecule has 0 radical (unpaired) electrons. The quantitative estimate of drug-likeness (QED) is 0.883. The summed E-state index contributed by atoms with van der Waals surface area (Å²) in [5.41, 5.74) is 0.992. The average Bonchev–Trinajstić information content (AvgIpc) is 2.95. The summed E-state index contributed by atoms with van der Waals surface area (Å²) in [6, 6.07) is 11.0. The zero-order valence-electron chi connectivity index (χ0n) is 10.7. The van der Waals surface area contributed by atoms with E-state index in [0.29, 0.717) is 9.90 Å². The van der Waals surface area contributed by atoms with Gasteiger partial charge in [-0.2, -0.15) is 0 Å². The lowest BCUT2D eigenvalue weighted by atomic mass is 10.2. The number of benzene rings is 1. The van der Waals surface area contributed by atoms with E-state index in [4.69, 9.17) is 11.6 Å². The fourth-order valence-corrected chi connectivity index (χ4v) is 2.59. The number of nitrogens with one attached hydrogen (secondary N) is 1. The minimum Gasteiger partial charge on any atom is -0.468 e. The Kier molecular flexibility index (Phi) is 4.76. The number of esters is 1. The van der Waals surface area contributed by atoms with E-state index in [1.54, 1.807) is 18.2 Å². The van der Waals surface area contributed by atoms with Gasteiger partial charge in [0.15, 0.2) is 0 Å². The van der Waals surface area contributed by atoms with E-state index in [1.807, 2.05) is 18.2 Å². The molecule has 0 aliphatic heterocycles. The van der Waals surface area contributed by atoms with Crippen LogP contribution in [0.5, 0.6) is 0 Å². The third-order valence-corrected chi connectivity index (χ3v) is 3.96. The van der Waals surface area contributed by atoms with Crippen LogP contribution in [0.2, 0.25) is 5.02 Å². The summed E-state index contributed by atoms with van der Waals surface area (Å²) < 4.78 is 4.46. The molecule has 0 fully saturated rings. The molecule has 104 valence electrons. The lowest BCUT2D eigenvalue weighted by Gasteiger charge is -2.01.